The van der Waals surface area contributed by atoms with Gasteiger partial charge in [-0.15, -0.1) is 0 Å². The van der Waals surface area contributed by atoms with E-state index in [0.29, 0.717) is 12.4 Å². The van der Waals surface area contributed by atoms with Gasteiger partial charge < -0.3 is 14.8 Å². The third-order valence-electron chi connectivity index (χ3n) is 3.00. The lowest BCUT2D eigenvalue weighted by Crippen LogP contribution is -2.33. The summed E-state index contributed by atoms with van der Waals surface area (Å²) < 4.78 is 10.8. The topological polar surface area (TPSA) is 47.6 Å². The Morgan fingerprint density at radius 1 is 1.53 bits per heavy atom. The van der Waals surface area contributed by atoms with Crippen LogP contribution in [0.1, 0.15) is 31.0 Å². The third-order valence-corrected chi connectivity index (χ3v) is 3.00. The Bertz CT molecular complexity index is 431. The summed E-state index contributed by atoms with van der Waals surface area (Å²) in [5.74, 6) is 0.289. The minimum atomic E-state index is -0.300. The molecule has 17 heavy (non-hydrogen) atoms. The molecule has 0 spiro atoms. The maximum absolute atomic E-state index is 10.9. The van der Waals surface area contributed by atoms with Gasteiger partial charge in [0.25, 0.3) is 0 Å². The van der Waals surface area contributed by atoms with E-state index >= 15 is 0 Å². The van der Waals surface area contributed by atoms with Gasteiger partial charge in [-0.2, -0.15) is 0 Å². The lowest BCUT2D eigenvalue weighted by atomic mass is 9.94. The number of hydrogen-bond donors (Lipinski definition) is 1. The molecule has 1 aromatic carbocycles. The van der Waals surface area contributed by atoms with Crippen LogP contribution in [-0.2, 0) is 16.1 Å². The summed E-state index contributed by atoms with van der Waals surface area (Å²) in [5, 5.41) is 3.22. The van der Waals surface area contributed by atoms with Gasteiger partial charge in [-0.1, -0.05) is 6.07 Å². The predicted octanol–water partition coefficient (Wildman–Crippen LogP) is 1.79. The minimum Gasteiger partial charge on any atom is -0.427 e. The first kappa shape index (κ1) is 12.1. The maximum Gasteiger partial charge on any atom is 0.308 e. The Balaban J connectivity index is 2.34. The molecule has 92 valence electrons. The number of fused-ring (bicyclic) bond motifs is 1. The Morgan fingerprint density at radius 2 is 2.29 bits per heavy atom. The van der Waals surface area contributed by atoms with Gasteiger partial charge in [-0.25, -0.2) is 0 Å². The van der Waals surface area contributed by atoms with E-state index in [2.05, 4.69) is 5.32 Å². The van der Waals surface area contributed by atoms with E-state index in [1.54, 1.807) is 6.07 Å². The van der Waals surface area contributed by atoms with Gasteiger partial charge in [0.15, 0.2) is 0 Å². The van der Waals surface area contributed by atoms with Crippen LogP contribution in [0.4, 0.5) is 0 Å². The fourth-order valence-corrected chi connectivity index (χ4v) is 2.18. The van der Waals surface area contributed by atoms with Crippen LogP contribution in [0.15, 0.2) is 18.2 Å². The number of benzene rings is 1. The lowest BCUT2D eigenvalue weighted by Gasteiger charge is -2.31. The van der Waals surface area contributed by atoms with E-state index in [4.69, 9.17) is 9.47 Å². The van der Waals surface area contributed by atoms with Gasteiger partial charge in [-0.05, 0) is 37.2 Å². The highest BCUT2D eigenvalue weighted by Gasteiger charge is 2.26. The van der Waals surface area contributed by atoms with Crippen LogP contribution in [0.5, 0.6) is 5.75 Å². The van der Waals surface area contributed by atoms with E-state index in [9.17, 15) is 4.79 Å². The molecule has 1 aliphatic rings. The van der Waals surface area contributed by atoms with Crippen molar-refractivity contribution in [2.75, 3.05) is 7.05 Å². The molecule has 4 heteroatoms. The number of esters is 1. The van der Waals surface area contributed by atoms with Gasteiger partial charge in [-0.3, -0.25) is 4.79 Å². The molecule has 0 saturated carbocycles. The summed E-state index contributed by atoms with van der Waals surface area (Å²) in [5.41, 5.74) is 2.28. The minimum absolute atomic E-state index is 0.111. The van der Waals surface area contributed by atoms with Crippen LogP contribution in [0, 0.1) is 0 Å². The SMILES string of the molecule is CN[C@H]1c2cc(OC(C)=O)ccc2CO[C@H]1C. The molecular formula is C13H17NO3. The van der Waals surface area contributed by atoms with Crippen molar-refractivity contribution in [3.05, 3.63) is 29.3 Å². The zero-order chi connectivity index (χ0) is 12.4. The largest absolute Gasteiger partial charge is 0.427 e. The van der Waals surface area contributed by atoms with E-state index in [1.165, 1.54) is 6.92 Å². The first-order valence-corrected chi connectivity index (χ1v) is 5.72. The Labute approximate surface area is 101 Å². The second-order valence-electron chi connectivity index (χ2n) is 4.24. The molecule has 1 N–H and O–H groups in total. The number of carbonyl (C=O) groups excluding carboxylic acids is 1. The number of ether oxygens (including phenoxy) is 2. The summed E-state index contributed by atoms with van der Waals surface area (Å²) in [7, 11) is 1.90. The molecule has 0 fully saturated rings. The van der Waals surface area contributed by atoms with Crippen LogP contribution < -0.4 is 10.1 Å². The molecule has 0 amide bonds. The molecule has 0 radical (unpaired) electrons. The molecule has 2 rings (SSSR count). The summed E-state index contributed by atoms with van der Waals surface area (Å²) >= 11 is 0. The summed E-state index contributed by atoms with van der Waals surface area (Å²) in [6.45, 7) is 4.04. The molecule has 1 aliphatic heterocycles. The van der Waals surface area contributed by atoms with Crippen LogP contribution in [-0.4, -0.2) is 19.1 Å². The summed E-state index contributed by atoms with van der Waals surface area (Å²) in [4.78, 5) is 10.9. The van der Waals surface area contributed by atoms with E-state index < -0.39 is 0 Å². The lowest BCUT2D eigenvalue weighted by molar-refractivity contribution is -0.131. The fraction of sp³-hybridized carbons (Fsp3) is 0.462. The Morgan fingerprint density at radius 3 is 2.94 bits per heavy atom. The average molecular weight is 235 g/mol. The number of hydrogen-bond acceptors (Lipinski definition) is 4. The maximum atomic E-state index is 10.9. The van der Waals surface area contributed by atoms with E-state index in [-0.39, 0.29) is 18.1 Å². The van der Waals surface area contributed by atoms with E-state index in [0.717, 1.165) is 11.1 Å². The average Bonchev–Trinajstić information content (AvgIpc) is 2.28. The highest BCUT2D eigenvalue weighted by Crippen LogP contribution is 2.31. The number of rotatable bonds is 2. The van der Waals surface area contributed by atoms with Crippen LogP contribution in [0.2, 0.25) is 0 Å². The molecule has 1 aromatic rings. The molecule has 0 aromatic heterocycles. The monoisotopic (exact) mass is 235 g/mol. The van der Waals surface area contributed by atoms with Gasteiger partial charge in [0.2, 0.25) is 0 Å². The molecule has 2 atom stereocenters. The smallest absolute Gasteiger partial charge is 0.308 e. The first-order chi connectivity index (χ1) is 8.11. The van der Waals surface area contributed by atoms with Gasteiger partial charge in [0.05, 0.1) is 18.8 Å². The van der Waals surface area contributed by atoms with Crippen molar-refractivity contribution < 1.29 is 14.3 Å². The Kier molecular flexibility index (Phi) is 3.45. The molecule has 0 bridgehead atoms. The highest BCUT2D eigenvalue weighted by atomic mass is 16.5. The molecule has 0 aliphatic carbocycles. The molecule has 0 saturated heterocycles. The predicted molar refractivity (Wildman–Crippen MR) is 63.8 cm³/mol. The van der Waals surface area contributed by atoms with Crippen molar-refractivity contribution in [2.45, 2.75) is 32.6 Å². The van der Waals surface area contributed by atoms with Crippen molar-refractivity contribution in [2.24, 2.45) is 0 Å². The fourth-order valence-electron chi connectivity index (χ4n) is 2.18. The quantitative estimate of drug-likeness (QED) is 0.627. The zero-order valence-electron chi connectivity index (χ0n) is 10.3. The molecular weight excluding hydrogens is 218 g/mol. The van der Waals surface area contributed by atoms with Crippen molar-refractivity contribution >= 4 is 5.97 Å². The number of carbonyl (C=O) groups is 1. The first-order valence-electron chi connectivity index (χ1n) is 5.72. The van der Waals surface area contributed by atoms with Crippen LogP contribution >= 0.6 is 0 Å². The van der Waals surface area contributed by atoms with Crippen LogP contribution in [0.3, 0.4) is 0 Å². The second-order valence-corrected chi connectivity index (χ2v) is 4.24. The molecule has 0 unspecified atom stereocenters. The number of likely N-dealkylation sites (N-methyl/N-ethyl adjacent to an activating group) is 1. The Hall–Kier alpha value is -1.39. The van der Waals surface area contributed by atoms with Gasteiger partial charge in [0.1, 0.15) is 5.75 Å². The van der Waals surface area contributed by atoms with Crippen LogP contribution in [0.25, 0.3) is 0 Å². The van der Waals surface area contributed by atoms with E-state index in [1.807, 2.05) is 26.1 Å². The third kappa shape index (κ3) is 2.48. The second kappa shape index (κ2) is 4.85. The normalized spacial score (nSPS) is 23.0. The highest BCUT2D eigenvalue weighted by molar-refractivity contribution is 5.69. The van der Waals surface area contributed by atoms with Gasteiger partial charge >= 0.3 is 5.97 Å². The van der Waals surface area contributed by atoms with Crippen molar-refractivity contribution in [3.63, 3.8) is 0 Å². The van der Waals surface area contributed by atoms with Crippen molar-refractivity contribution in [1.29, 1.82) is 0 Å². The van der Waals surface area contributed by atoms with Gasteiger partial charge in [0, 0.05) is 6.92 Å². The zero-order valence-corrected chi connectivity index (χ0v) is 10.3. The van der Waals surface area contributed by atoms with Crippen molar-refractivity contribution in [3.8, 4) is 5.75 Å². The molecule has 4 nitrogen and oxygen atoms in total. The van der Waals surface area contributed by atoms with Crippen molar-refractivity contribution in [1.82, 2.24) is 5.32 Å². The standard InChI is InChI=1S/C13H17NO3/c1-8-13(14-3)12-6-11(17-9(2)15)5-4-10(12)7-16-8/h4-6,8,13-14H,7H2,1-3H3/t8-,13+/m0/s1. The number of nitrogens with one attached hydrogen (secondary N) is 1. The summed E-state index contributed by atoms with van der Waals surface area (Å²) in [6.07, 6.45) is 0.111. The summed E-state index contributed by atoms with van der Waals surface area (Å²) in [6, 6.07) is 5.79. The molecule has 1 heterocycles.